The third kappa shape index (κ3) is 11.4. The zero-order valence-electron chi connectivity index (χ0n) is 27.0. The smallest absolute Gasteiger partial charge is 0.303 e. The van der Waals surface area contributed by atoms with Crippen LogP contribution in [0.25, 0.3) is 0 Å². The largest absolute Gasteiger partial charge is 0.463 e. The molecule has 2 aliphatic heterocycles. The van der Waals surface area contributed by atoms with Crippen molar-refractivity contribution in [2.75, 3.05) is 19.8 Å². The fourth-order valence-electron chi connectivity index (χ4n) is 4.76. The highest BCUT2D eigenvalue weighted by Crippen LogP contribution is 2.41. The summed E-state index contributed by atoms with van der Waals surface area (Å²) in [6, 6.07) is 0. The second kappa shape index (κ2) is 17.0. The van der Waals surface area contributed by atoms with E-state index in [4.69, 9.17) is 52.1 Å². The Labute approximate surface area is 268 Å². The normalized spacial score (nSPS) is 29.8. The monoisotopic (exact) mass is 678 g/mol. The molecule has 0 unspecified atom stereocenters. The Bertz CT molecular complexity index is 1210. The fraction of sp³-hybridized carbons (Fsp3) is 0.714. The third-order valence-corrected chi connectivity index (χ3v) is 6.24. The van der Waals surface area contributed by atoms with Gasteiger partial charge >= 0.3 is 47.8 Å². The Morgan fingerprint density at radius 2 is 0.915 bits per heavy atom. The maximum absolute atomic E-state index is 12.3. The van der Waals surface area contributed by atoms with Crippen molar-refractivity contribution in [3.63, 3.8) is 0 Å². The van der Waals surface area contributed by atoms with Crippen molar-refractivity contribution in [3.05, 3.63) is 0 Å². The lowest BCUT2D eigenvalue weighted by Crippen LogP contribution is -2.65. The van der Waals surface area contributed by atoms with Gasteiger partial charge in [0.1, 0.15) is 32.0 Å². The molecule has 0 saturated carbocycles. The van der Waals surface area contributed by atoms with Crippen molar-refractivity contribution in [2.45, 2.75) is 110 Å². The first-order valence-electron chi connectivity index (χ1n) is 14.1. The summed E-state index contributed by atoms with van der Waals surface area (Å²) in [5.41, 5.74) is 0. The SMILES string of the molecule is CC(=O)OC[C@@H]1O[C@](COC(C)=O)(O[C@@H]2O[C@@H](COC(C)=O)[C@@H](OC(C)=O)[C@H](OC(C)=O)[C@@H]2OC(C)=O)[C@H](OC(C)=O)[C@@H]1OC(C)=O. The van der Waals surface area contributed by atoms with Crippen molar-refractivity contribution >= 4 is 47.8 Å². The van der Waals surface area contributed by atoms with Crippen LogP contribution in [0.5, 0.6) is 0 Å². The van der Waals surface area contributed by atoms with E-state index < -0.39 is 122 Å². The highest BCUT2D eigenvalue weighted by Gasteiger charge is 2.65. The molecule has 2 rings (SSSR count). The zero-order valence-corrected chi connectivity index (χ0v) is 27.0. The van der Waals surface area contributed by atoms with E-state index in [-0.39, 0.29) is 0 Å². The Hall–Kier alpha value is -4.36. The quantitative estimate of drug-likeness (QED) is 0.171. The average Bonchev–Trinajstić information content (AvgIpc) is 3.18. The Morgan fingerprint density at radius 1 is 0.489 bits per heavy atom. The molecule has 264 valence electrons. The number of carbonyl (C=O) groups excluding carboxylic acids is 8. The van der Waals surface area contributed by atoms with Crippen molar-refractivity contribution in [1.29, 1.82) is 0 Å². The van der Waals surface area contributed by atoms with Crippen molar-refractivity contribution in [2.24, 2.45) is 0 Å². The van der Waals surface area contributed by atoms with E-state index in [1.165, 1.54) is 0 Å². The molecule has 0 aromatic rings. The molecule has 0 bridgehead atoms. The first-order chi connectivity index (χ1) is 21.8. The van der Waals surface area contributed by atoms with Crippen molar-refractivity contribution < 1.29 is 90.5 Å². The average molecular weight is 679 g/mol. The summed E-state index contributed by atoms with van der Waals surface area (Å²) in [7, 11) is 0. The zero-order chi connectivity index (χ0) is 35.6. The van der Waals surface area contributed by atoms with Crippen LogP contribution >= 0.6 is 0 Å². The van der Waals surface area contributed by atoms with Gasteiger partial charge < -0.3 is 52.1 Å². The lowest BCUT2D eigenvalue weighted by molar-refractivity contribution is -0.384. The highest BCUT2D eigenvalue weighted by molar-refractivity contribution is 5.69. The van der Waals surface area contributed by atoms with Crippen LogP contribution in [0.3, 0.4) is 0 Å². The molecule has 19 heteroatoms. The van der Waals surface area contributed by atoms with Gasteiger partial charge in [-0.2, -0.15) is 0 Å². The Kier molecular flexibility index (Phi) is 14.0. The van der Waals surface area contributed by atoms with Gasteiger partial charge in [0.25, 0.3) is 0 Å². The molecule has 0 N–H and O–H groups in total. The lowest BCUT2D eigenvalue weighted by Gasteiger charge is -2.46. The number of hydrogen-bond donors (Lipinski definition) is 0. The standard InChI is InChI=1S/C28H38O19/c1-12(29)37-9-20-22(40-15(4)32)24(42-17(6)34)25(43-18(7)35)27(45-20)47-28(11-39-14(3)31)26(44-19(8)36)23(41-16(5)33)21(46-28)10-38-13(2)30/h20-27H,9-11H2,1-8H3/t20-,21-,22+,23+,24-,25-,26+,27-,28+/m0/s1. The summed E-state index contributed by atoms with van der Waals surface area (Å²) in [6.07, 6.45) is -13.2. The molecule has 47 heavy (non-hydrogen) atoms. The van der Waals surface area contributed by atoms with Gasteiger partial charge in [-0.05, 0) is 0 Å². The van der Waals surface area contributed by atoms with Crippen LogP contribution in [0.15, 0.2) is 0 Å². The molecular formula is C28H38O19. The predicted molar refractivity (Wildman–Crippen MR) is 145 cm³/mol. The summed E-state index contributed by atoms with van der Waals surface area (Å²) in [5, 5.41) is 0. The topological polar surface area (TPSA) is 238 Å². The maximum Gasteiger partial charge on any atom is 0.303 e. The summed E-state index contributed by atoms with van der Waals surface area (Å²) in [4.78, 5) is 96.4. The van der Waals surface area contributed by atoms with E-state index in [0.717, 1.165) is 55.4 Å². The van der Waals surface area contributed by atoms with E-state index in [2.05, 4.69) is 0 Å². The van der Waals surface area contributed by atoms with Gasteiger partial charge in [0, 0.05) is 55.4 Å². The summed E-state index contributed by atoms with van der Waals surface area (Å²) < 4.78 is 60.5. The fourth-order valence-corrected chi connectivity index (χ4v) is 4.76. The van der Waals surface area contributed by atoms with Gasteiger partial charge in [0.05, 0.1) is 0 Å². The molecule has 19 nitrogen and oxygen atoms in total. The minimum Gasteiger partial charge on any atom is -0.463 e. The molecule has 2 fully saturated rings. The van der Waals surface area contributed by atoms with Crippen LogP contribution < -0.4 is 0 Å². The van der Waals surface area contributed by atoms with Gasteiger partial charge in [-0.1, -0.05) is 0 Å². The lowest BCUT2D eigenvalue weighted by atomic mass is 9.97. The molecule has 2 heterocycles. The van der Waals surface area contributed by atoms with Gasteiger partial charge in [-0.3, -0.25) is 38.4 Å². The number of carbonyl (C=O) groups is 8. The molecule has 0 aromatic heterocycles. The van der Waals surface area contributed by atoms with E-state index in [0.29, 0.717) is 0 Å². The first-order valence-corrected chi connectivity index (χ1v) is 14.1. The minimum atomic E-state index is -2.48. The number of esters is 8. The molecule has 0 radical (unpaired) electrons. The molecule has 0 spiro atoms. The van der Waals surface area contributed by atoms with Gasteiger partial charge in [-0.15, -0.1) is 0 Å². The first kappa shape index (κ1) is 38.8. The van der Waals surface area contributed by atoms with E-state index in [1.807, 2.05) is 0 Å². The molecule has 0 aliphatic carbocycles. The van der Waals surface area contributed by atoms with Crippen LogP contribution in [0.4, 0.5) is 0 Å². The minimum absolute atomic E-state index is 0.588. The summed E-state index contributed by atoms with van der Waals surface area (Å²) >= 11 is 0. The summed E-state index contributed by atoms with van der Waals surface area (Å²) in [5.74, 6) is -9.54. The second-order valence-corrected chi connectivity index (χ2v) is 10.3. The van der Waals surface area contributed by atoms with E-state index in [1.54, 1.807) is 0 Å². The van der Waals surface area contributed by atoms with E-state index >= 15 is 0 Å². The van der Waals surface area contributed by atoms with Gasteiger partial charge in [0.15, 0.2) is 30.5 Å². The van der Waals surface area contributed by atoms with Gasteiger partial charge in [-0.25, -0.2) is 0 Å². The number of ether oxygens (including phenoxy) is 11. The van der Waals surface area contributed by atoms with E-state index in [9.17, 15) is 38.4 Å². The second-order valence-electron chi connectivity index (χ2n) is 10.3. The molecule has 9 atom stereocenters. The Balaban J connectivity index is 2.78. The van der Waals surface area contributed by atoms with Crippen LogP contribution in [0.1, 0.15) is 55.4 Å². The molecular weight excluding hydrogens is 640 g/mol. The van der Waals surface area contributed by atoms with Crippen molar-refractivity contribution in [3.8, 4) is 0 Å². The predicted octanol–water partition coefficient (Wildman–Crippen LogP) is -0.829. The number of rotatable bonds is 13. The van der Waals surface area contributed by atoms with Crippen LogP contribution in [0, 0.1) is 0 Å². The highest BCUT2D eigenvalue weighted by atomic mass is 16.8. The number of hydrogen-bond acceptors (Lipinski definition) is 19. The third-order valence-electron chi connectivity index (χ3n) is 6.24. The van der Waals surface area contributed by atoms with Crippen LogP contribution in [-0.4, -0.2) is 122 Å². The van der Waals surface area contributed by atoms with Gasteiger partial charge in [0.2, 0.25) is 12.1 Å². The molecule has 0 aromatic carbocycles. The molecule has 0 amide bonds. The van der Waals surface area contributed by atoms with Crippen LogP contribution in [0.2, 0.25) is 0 Å². The summed E-state index contributed by atoms with van der Waals surface area (Å²) in [6.45, 7) is 6.12. The van der Waals surface area contributed by atoms with Crippen LogP contribution in [-0.2, 0) is 90.5 Å². The maximum atomic E-state index is 12.3. The Morgan fingerprint density at radius 3 is 1.38 bits per heavy atom. The molecule has 2 aliphatic rings. The molecule has 2 saturated heterocycles. The van der Waals surface area contributed by atoms with Crippen molar-refractivity contribution in [1.82, 2.24) is 0 Å².